The molecule has 34 heavy (non-hydrogen) atoms. The Kier molecular flexibility index (Phi) is 7.06. The minimum atomic E-state index is -1.02. The lowest BCUT2D eigenvalue weighted by molar-refractivity contribution is -0.147. The van der Waals surface area contributed by atoms with Gasteiger partial charge in [-0.2, -0.15) is 0 Å². The van der Waals surface area contributed by atoms with Crippen molar-refractivity contribution in [1.29, 1.82) is 0 Å². The standard InChI is InChI=1S/C24H29N5O5/c1-24(2,3)34-23(31)28-18(22(30)33-13-16-8-5-4-6-9-16)12-17-20-21(26-14-25-17)29(15-27-20)19-10-7-11-32-19/h4-6,8-9,14-15,18-19H,7,10-13H2,1-3H3,(H,28,31)/t18-,19+/m1/s1. The molecule has 4 rings (SSSR count). The SMILES string of the molecule is CC(C)(C)OC(=O)N[C@H](Cc1ncnc2c1ncn2[C@@H]1CCCO1)C(=O)OCc1ccccc1. The van der Waals surface area contributed by atoms with Gasteiger partial charge in [0.15, 0.2) is 5.65 Å². The molecule has 1 aliphatic heterocycles. The maximum atomic E-state index is 13.0. The highest BCUT2D eigenvalue weighted by atomic mass is 16.6. The highest BCUT2D eigenvalue weighted by Gasteiger charge is 2.28. The first-order valence-electron chi connectivity index (χ1n) is 11.3. The fourth-order valence-corrected chi connectivity index (χ4v) is 3.71. The fourth-order valence-electron chi connectivity index (χ4n) is 3.71. The van der Waals surface area contributed by atoms with E-state index in [-0.39, 0.29) is 19.3 Å². The lowest BCUT2D eigenvalue weighted by Gasteiger charge is -2.23. The van der Waals surface area contributed by atoms with Gasteiger partial charge in [-0.3, -0.25) is 4.57 Å². The highest BCUT2D eigenvalue weighted by Crippen LogP contribution is 2.26. The van der Waals surface area contributed by atoms with E-state index in [0.29, 0.717) is 23.5 Å². The van der Waals surface area contributed by atoms with Gasteiger partial charge in [-0.1, -0.05) is 30.3 Å². The second-order valence-electron chi connectivity index (χ2n) is 9.11. The molecule has 2 atom stereocenters. The van der Waals surface area contributed by atoms with E-state index in [4.69, 9.17) is 14.2 Å². The Labute approximate surface area is 197 Å². The predicted molar refractivity (Wildman–Crippen MR) is 123 cm³/mol. The monoisotopic (exact) mass is 467 g/mol. The van der Waals surface area contributed by atoms with E-state index in [9.17, 15) is 9.59 Å². The van der Waals surface area contributed by atoms with Crippen LogP contribution in [-0.4, -0.2) is 49.8 Å². The molecular weight excluding hydrogens is 438 g/mol. The van der Waals surface area contributed by atoms with Gasteiger partial charge in [0.2, 0.25) is 0 Å². The van der Waals surface area contributed by atoms with Crippen LogP contribution in [0.2, 0.25) is 0 Å². The Hall–Kier alpha value is -3.53. The van der Waals surface area contributed by atoms with Gasteiger partial charge in [-0.05, 0) is 39.2 Å². The number of esters is 1. The Balaban J connectivity index is 1.55. The van der Waals surface area contributed by atoms with Gasteiger partial charge < -0.3 is 19.5 Å². The molecule has 3 aromatic rings. The number of nitrogens with zero attached hydrogens (tertiary/aromatic N) is 4. The van der Waals surface area contributed by atoms with E-state index in [1.165, 1.54) is 6.33 Å². The topological polar surface area (TPSA) is 117 Å². The summed E-state index contributed by atoms with van der Waals surface area (Å²) in [6.07, 6.45) is 4.15. The van der Waals surface area contributed by atoms with Crippen molar-refractivity contribution in [2.24, 2.45) is 0 Å². The van der Waals surface area contributed by atoms with Crippen molar-refractivity contribution in [3.05, 3.63) is 54.2 Å². The van der Waals surface area contributed by atoms with Gasteiger partial charge in [0.1, 0.15) is 36.3 Å². The minimum Gasteiger partial charge on any atom is -0.459 e. The maximum absolute atomic E-state index is 13.0. The first-order valence-corrected chi connectivity index (χ1v) is 11.3. The summed E-state index contributed by atoms with van der Waals surface area (Å²) in [5.41, 5.74) is 1.80. The molecular formula is C24H29N5O5. The molecule has 10 nitrogen and oxygen atoms in total. The molecule has 180 valence electrons. The van der Waals surface area contributed by atoms with E-state index in [1.54, 1.807) is 27.1 Å². The van der Waals surface area contributed by atoms with Gasteiger partial charge in [0, 0.05) is 13.0 Å². The van der Waals surface area contributed by atoms with E-state index >= 15 is 0 Å². The summed E-state index contributed by atoms with van der Waals surface area (Å²) in [5.74, 6) is -0.597. The Morgan fingerprint density at radius 3 is 2.71 bits per heavy atom. The van der Waals surface area contributed by atoms with Crippen LogP contribution in [0.3, 0.4) is 0 Å². The van der Waals surface area contributed by atoms with Gasteiger partial charge in [-0.15, -0.1) is 0 Å². The molecule has 0 spiro atoms. The summed E-state index contributed by atoms with van der Waals surface area (Å²) in [6, 6.07) is 8.30. The number of carbonyl (C=O) groups excluding carboxylic acids is 2. The summed E-state index contributed by atoms with van der Waals surface area (Å²) in [4.78, 5) is 38.6. The number of imidazole rings is 1. The van der Waals surface area contributed by atoms with Crippen LogP contribution in [0.25, 0.3) is 11.2 Å². The lowest BCUT2D eigenvalue weighted by Crippen LogP contribution is -2.45. The maximum Gasteiger partial charge on any atom is 0.408 e. The molecule has 0 radical (unpaired) electrons. The first-order chi connectivity index (χ1) is 16.3. The number of amides is 1. The third-order valence-corrected chi connectivity index (χ3v) is 5.25. The van der Waals surface area contributed by atoms with Crippen molar-refractivity contribution >= 4 is 23.2 Å². The quantitative estimate of drug-likeness (QED) is 0.526. The zero-order valence-electron chi connectivity index (χ0n) is 19.6. The van der Waals surface area contributed by atoms with Crippen LogP contribution in [0.4, 0.5) is 4.79 Å². The molecule has 0 saturated carbocycles. The third-order valence-electron chi connectivity index (χ3n) is 5.25. The number of nitrogens with one attached hydrogen (secondary N) is 1. The summed E-state index contributed by atoms with van der Waals surface area (Å²) >= 11 is 0. The first kappa shape index (κ1) is 23.6. The number of benzene rings is 1. The molecule has 2 aromatic heterocycles. The molecule has 0 bridgehead atoms. The van der Waals surface area contributed by atoms with Crippen molar-refractivity contribution in [1.82, 2.24) is 24.8 Å². The Morgan fingerprint density at radius 1 is 1.21 bits per heavy atom. The van der Waals surface area contributed by atoms with Crippen molar-refractivity contribution in [2.45, 2.75) is 64.5 Å². The summed E-state index contributed by atoms with van der Waals surface area (Å²) in [5, 5.41) is 2.63. The average molecular weight is 468 g/mol. The number of aromatic nitrogens is 4. The summed E-state index contributed by atoms with van der Waals surface area (Å²) in [7, 11) is 0. The molecule has 1 aromatic carbocycles. The van der Waals surface area contributed by atoms with Gasteiger partial charge >= 0.3 is 12.1 Å². The van der Waals surface area contributed by atoms with Crippen LogP contribution >= 0.6 is 0 Å². The molecule has 3 heterocycles. The number of ether oxygens (including phenoxy) is 3. The fraction of sp³-hybridized carbons (Fsp3) is 0.458. The third kappa shape index (κ3) is 5.88. The molecule has 0 unspecified atom stereocenters. The van der Waals surface area contributed by atoms with E-state index < -0.39 is 23.7 Å². The Bertz CT molecular complexity index is 1140. The summed E-state index contributed by atoms with van der Waals surface area (Å²) < 4.78 is 18.5. The second kappa shape index (κ2) is 10.2. The zero-order chi connectivity index (χ0) is 24.1. The van der Waals surface area contributed by atoms with Crippen molar-refractivity contribution in [2.75, 3.05) is 6.61 Å². The van der Waals surface area contributed by atoms with Crippen molar-refractivity contribution < 1.29 is 23.8 Å². The molecule has 0 aliphatic carbocycles. The number of rotatable bonds is 7. The molecule has 1 amide bonds. The predicted octanol–water partition coefficient (Wildman–Crippen LogP) is 3.31. The van der Waals surface area contributed by atoms with Crippen molar-refractivity contribution in [3.8, 4) is 0 Å². The number of hydrogen-bond acceptors (Lipinski definition) is 8. The molecule has 10 heteroatoms. The van der Waals surface area contributed by atoms with Gasteiger partial charge in [0.25, 0.3) is 0 Å². The highest BCUT2D eigenvalue weighted by molar-refractivity contribution is 5.83. The van der Waals surface area contributed by atoms with E-state index in [0.717, 1.165) is 18.4 Å². The van der Waals surface area contributed by atoms with Gasteiger partial charge in [-0.25, -0.2) is 24.5 Å². The van der Waals surface area contributed by atoms with Crippen LogP contribution in [0.1, 0.15) is 51.1 Å². The number of fused-ring (bicyclic) bond motifs is 1. The van der Waals surface area contributed by atoms with Crippen LogP contribution in [0.5, 0.6) is 0 Å². The molecule has 1 saturated heterocycles. The lowest BCUT2D eigenvalue weighted by atomic mass is 10.1. The van der Waals surface area contributed by atoms with E-state index in [1.807, 2.05) is 34.9 Å². The minimum absolute atomic E-state index is 0.0639. The smallest absolute Gasteiger partial charge is 0.408 e. The van der Waals surface area contributed by atoms with Crippen LogP contribution in [-0.2, 0) is 32.0 Å². The van der Waals surface area contributed by atoms with Gasteiger partial charge in [0.05, 0.1) is 12.0 Å². The van der Waals surface area contributed by atoms with Crippen molar-refractivity contribution in [3.63, 3.8) is 0 Å². The molecule has 1 aliphatic rings. The molecule has 1 fully saturated rings. The van der Waals surface area contributed by atoms with Crippen LogP contribution in [0, 0.1) is 0 Å². The number of hydrogen-bond donors (Lipinski definition) is 1. The summed E-state index contributed by atoms with van der Waals surface area (Å²) in [6.45, 7) is 6.03. The Morgan fingerprint density at radius 2 is 2.00 bits per heavy atom. The normalized spacial score (nSPS) is 16.9. The van der Waals surface area contributed by atoms with Crippen LogP contribution < -0.4 is 5.32 Å². The van der Waals surface area contributed by atoms with Crippen LogP contribution in [0.15, 0.2) is 43.0 Å². The zero-order valence-corrected chi connectivity index (χ0v) is 19.6. The molecule has 1 N–H and O–H groups in total. The second-order valence-corrected chi connectivity index (χ2v) is 9.11. The average Bonchev–Trinajstić information content (AvgIpc) is 3.46. The largest absolute Gasteiger partial charge is 0.459 e. The van der Waals surface area contributed by atoms with E-state index in [2.05, 4.69) is 20.3 Å². The number of alkyl carbamates (subject to hydrolysis) is 1. The number of carbonyl (C=O) groups is 2.